The number of ether oxygens (including phenoxy) is 1. The highest BCUT2D eigenvalue weighted by molar-refractivity contribution is 7.91. The highest BCUT2D eigenvalue weighted by Gasteiger charge is 2.28. The van der Waals surface area contributed by atoms with Gasteiger partial charge in [-0.3, -0.25) is 14.7 Å². The average molecular weight is 461 g/mol. The molecule has 10 heteroatoms. The summed E-state index contributed by atoms with van der Waals surface area (Å²) in [6.07, 6.45) is 1.50. The van der Waals surface area contributed by atoms with Gasteiger partial charge in [-0.05, 0) is 42.8 Å². The molecular formula is C22H28N4O5S. The molecule has 0 bridgehead atoms. The number of benzene rings is 1. The Morgan fingerprint density at radius 3 is 2.56 bits per heavy atom. The quantitative estimate of drug-likeness (QED) is 0.618. The summed E-state index contributed by atoms with van der Waals surface area (Å²) in [5, 5.41) is 2.83. The van der Waals surface area contributed by atoms with E-state index in [0.717, 1.165) is 17.7 Å². The molecular weight excluding hydrogens is 432 g/mol. The summed E-state index contributed by atoms with van der Waals surface area (Å²) in [5.41, 5.74) is 8.05. The van der Waals surface area contributed by atoms with Crippen LogP contribution < -0.4 is 11.1 Å². The zero-order chi connectivity index (χ0) is 23.5. The van der Waals surface area contributed by atoms with Crippen LogP contribution >= 0.6 is 0 Å². The minimum absolute atomic E-state index is 0.0172. The summed E-state index contributed by atoms with van der Waals surface area (Å²) in [4.78, 5) is 31.0. The number of carbonyl (C=O) groups excluding carboxylic acids is 2. The monoisotopic (exact) mass is 460 g/mol. The van der Waals surface area contributed by atoms with Crippen molar-refractivity contribution in [3.8, 4) is 0 Å². The van der Waals surface area contributed by atoms with Crippen molar-refractivity contribution >= 4 is 21.8 Å². The topological polar surface area (TPSA) is 132 Å². The van der Waals surface area contributed by atoms with Crippen molar-refractivity contribution in [1.29, 1.82) is 0 Å². The van der Waals surface area contributed by atoms with Crippen molar-refractivity contribution in [2.45, 2.75) is 43.8 Å². The highest BCUT2D eigenvalue weighted by atomic mass is 32.2. The number of rotatable bonds is 8. The van der Waals surface area contributed by atoms with Gasteiger partial charge >= 0.3 is 6.09 Å². The van der Waals surface area contributed by atoms with E-state index in [1.54, 1.807) is 25.3 Å². The maximum absolute atomic E-state index is 12.9. The minimum Gasteiger partial charge on any atom is -0.447 e. The lowest BCUT2D eigenvalue weighted by molar-refractivity contribution is 0.0898. The largest absolute Gasteiger partial charge is 0.447 e. The van der Waals surface area contributed by atoms with Crippen molar-refractivity contribution in [3.05, 3.63) is 58.9 Å². The number of fused-ring (bicyclic) bond motifs is 1. The first-order valence-corrected chi connectivity index (χ1v) is 12.1. The summed E-state index contributed by atoms with van der Waals surface area (Å²) in [7, 11) is -1.33. The fourth-order valence-electron chi connectivity index (χ4n) is 3.87. The summed E-state index contributed by atoms with van der Waals surface area (Å²) >= 11 is 0. The van der Waals surface area contributed by atoms with Crippen LogP contribution in [0.4, 0.5) is 4.79 Å². The molecule has 1 aromatic heterocycles. The third-order valence-corrected chi connectivity index (χ3v) is 7.39. The maximum Gasteiger partial charge on any atom is 0.404 e. The first-order valence-electron chi connectivity index (χ1n) is 10.4. The number of amides is 2. The van der Waals surface area contributed by atoms with Crippen LogP contribution in [0, 0.1) is 0 Å². The number of carbonyl (C=O) groups is 2. The number of aromatic nitrogens is 1. The molecule has 2 aromatic rings. The lowest BCUT2D eigenvalue weighted by Gasteiger charge is -2.19. The van der Waals surface area contributed by atoms with Crippen LogP contribution in [0.15, 0.2) is 41.4 Å². The van der Waals surface area contributed by atoms with Crippen molar-refractivity contribution in [2.75, 3.05) is 19.4 Å². The van der Waals surface area contributed by atoms with Crippen LogP contribution in [0.1, 0.15) is 59.5 Å². The molecule has 3 N–H and O–H groups in total. The van der Waals surface area contributed by atoms with Crippen molar-refractivity contribution in [1.82, 2.24) is 15.2 Å². The molecule has 1 aliphatic rings. The third-order valence-electron chi connectivity index (χ3n) is 5.64. The molecule has 1 aliphatic heterocycles. The Kier molecular flexibility index (Phi) is 7.15. The van der Waals surface area contributed by atoms with Crippen LogP contribution in [-0.4, -0.2) is 49.7 Å². The average Bonchev–Trinajstić information content (AvgIpc) is 3.10. The predicted octanol–water partition coefficient (Wildman–Crippen LogP) is 2.34. The van der Waals surface area contributed by atoms with E-state index in [9.17, 15) is 18.0 Å². The van der Waals surface area contributed by atoms with Crippen molar-refractivity contribution in [3.63, 3.8) is 0 Å². The third kappa shape index (κ3) is 5.08. The zero-order valence-electron chi connectivity index (χ0n) is 18.4. The number of nitrogens with zero attached hydrogens (tertiary/aromatic N) is 2. The molecule has 0 saturated heterocycles. The predicted molar refractivity (Wildman–Crippen MR) is 119 cm³/mol. The van der Waals surface area contributed by atoms with Gasteiger partial charge in [-0.2, -0.15) is 0 Å². The normalized spacial score (nSPS) is 16.9. The number of nitrogens with two attached hydrogens (primary N) is 1. The SMILES string of the molecule is CC[C@@H]1c2ncc(C(=O)N[C@@H](COC(N)=O)c3ccc(S(=O)(=O)CC)cc3)cc2CN1C. The van der Waals surface area contributed by atoms with Crippen LogP contribution in [0.3, 0.4) is 0 Å². The van der Waals surface area contributed by atoms with Gasteiger partial charge in [0, 0.05) is 12.7 Å². The summed E-state index contributed by atoms with van der Waals surface area (Å²) in [6, 6.07) is 7.45. The van der Waals surface area contributed by atoms with Gasteiger partial charge in [0.15, 0.2) is 9.84 Å². The maximum atomic E-state index is 12.9. The van der Waals surface area contributed by atoms with Gasteiger partial charge in [0.2, 0.25) is 0 Å². The zero-order valence-corrected chi connectivity index (χ0v) is 19.2. The van der Waals surface area contributed by atoms with Crippen LogP contribution in [0.5, 0.6) is 0 Å². The van der Waals surface area contributed by atoms with Crippen molar-refractivity contribution < 1.29 is 22.7 Å². The Hall–Kier alpha value is -2.98. The smallest absolute Gasteiger partial charge is 0.404 e. The van der Waals surface area contributed by atoms with E-state index in [1.165, 1.54) is 12.1 Å². The molecule has 1 aromatic carbocycles. The number of sulfone groups is 1. The second kappa shape index (κ2) is 9.66. The molecule has 2 amide bonds. The van der Waals surface area contributed by atoms with Gasteiger partial charge in [-0.25, -0.2) is 13.2 Å². The van der Waals surface area contributed by atoms with E-state index in [2.05, 4.69) is 22.1 Å². The van der Waals surface area contributed by atoms with Crippen LogP contribution in [0.2, 0.25) is 0 Å². The fourth-order valence-corrected chi connectivity index (χ4v) is 4.75. The Morgan fingerprint density at radius 1 is 1.28 bits per heavy atom. The van der Waals surface area contributed by atoms with Gasteiger partial charge in [0.25, 0.3) is 5.91 Å². The number of pyridine rings is 1. The summed E-state index contributed by atoms with van der Waals surface area (Å²) < 4.78 is 29.0. The van der Waals surface area contributed by atoms with Crippen LogP contribution in [0.25, 0.3) is 0 Å². The molecule has 2 atom stereocenters. The summed E-state index contributed by atoms with van der Waals surface area (Å²) in [6.45, 7) is 4.18. The minimum atomic E-state index is -3.35. The molecule has 0 spiro atoms. The van der Waals surface area contributed by atoms with Gasteiger partial charge in [-0.15, -0.1) is 0 Å². The van der Waals surface area contributed by atoms with Crippen LogP contribution in [-0.2, 0) is 21.1 Å². The molecule has 3 rings (SSSR count). The highest BCUT2D eigenvalue weighted by Crippen LogP contribution is 2.33. The molecule has 0 aliphatic carbocycles. The number of hydrogen-bond donors (Lipinski definition) is 2. The van der Waals surface area contributed by atoms with E-state index in [4.69, 9.17) is 10.5 Å². The number of hydrogen-bond acceptors (Lipinski definition) is 7. The second-order valence-electron chi connectivity index (χ2n) is 7.74. The molecule has 0 radical (unpaired) electrons. The number of nitrogens with one attached hydrogen (secondary N) is 1. The Labute approximate surface area is 187 Å². The first kappa shape index (κ1) is 23.7. The van der Waals surface area contributed by atoms with Gasteiger partial charge < -0.3 is 15.8 Å². The first-order chi connectivity index (χ1) is 15.2. The molecule has 172 valence electrons. The molecule has 0 fully saturated rings. The van der Waals surface area contributed by atoms with Gasteiger partial charge in [0.1, 0.15) is 6.61 Å². The van der Waals surface area contributed by atoms with E-state index in [0.29, 0.717) is 17.7 Å². The lowest BCUT2D eigenvalue weighted by Crippen LogP contribution is -2.33. The van der Waals surface area contributed by atoms with Crippen molar-refractivity contribution in [2.24, 2.45) is 5.73 Å². The standard InChI is InChI=1S/C22H28N4O5S/c1-4-19-20-16(12-26(19)3)10-15(11-24-20)21(27)25-18(13-31-22(23)28)14-6-8-17(9-7-14)32(29,30)5-2/h6-11,18-19H,4-5,12-13H2,1-3H3,(H2,23,28)(H,25,27)/t18-,19+/m0/s1. The molecule has 32 heavy (non-hydrogen) atoms. The fraction of sp³-hybridized carbons (Fsp3) is 0.409. The molecule has 2 heterocycles. The Morgan fingerprint density at radius 2 is 1.97 bits per heavy atom. The van der Waals surface area contributed by atoms with Gasteiger partial charge in [-0.1, -0.05) is 26.0 Å². The Bertz CT molecular complexity index is 1100. The molecule has 0 saturated carbocycles. The van der Waals surface area contributed by atoms with Gasteiger partial charge in [0.05, 0.1) is 34.0 Å². The molecule has 0 unspecified atom stereocenters. The summed E-state index contributed by atoms with van der Waals surface area (Å²) in [5.74, 6) is -0.400. The molecule has 9 nitrogen and oxygen atoms in total. The van der Waals surface area contributed by atoms with E-state index in [1.807, 2.05) is 13.1 Å². The lowest BCUT2D eigenvalue weighted by atomic mass is 10.1. The Balaban J connectivity index is 1.82. The second-order valence-corrected chi connectivity index (χ2v) is 10.0. The van der Waals surface area contributed by atoms with E-state index >= 15 is 0 Å². The number of primary amides is 1. The van der Waals surface area contributed by atoms with E-state index < -0.39 is 22.0 Å². The van der Waals surface area contributed by atoms with E-state index in [-0.39, 0.29) is 29.2 Å².